The van der Waals surface area contributed by atoms with Gasteiger partial charge in [-0.15, -0.1) is 0 Å². The second-order valence-corrected chi connectivity index (χ2v) is 5.67. The Morgan fingerprint density at radius 1 is 0.842 bits per heavy atom. The van der Waals surface area contributed by atoms with Crippen LogP contribution in [0.3, 0.4) is 0 Å². The Hall–Kier alpha value is -0.210. The number of hydrogen-bond donors (Lipinski definition) is 1. The van der Waals surface area contributed by atoms with Gasteiger partial charge in [0, 0.05) is 0 Å². The summed E-state index contributed by atoms with van der Waals surface area (Å²) in [5.41, 5.74) is 0. The van der Waals surface area contributed by atoms with E-state index in [2.05, 4.69) is 15.4 Å². The number of rotatable bonds is 13. The summed E-state index contributed by atoms with van der Waals surface area (Å²) < 4.78 is 28.2. The van der Waals surface area contributed by atoms with Crippen LogP contribution in [0.2, 0.25) is 0 Å². The van der Waals surface area contributed by atoms with Gasteiger partial charge in [0.25, 0.3) is 0 Å². The zero-order valence-corrected chi connectivity index (χ0v) is 13.0. The van der Waals surface area contributed by atoms with Crippen LogP contribution >= 0.6 is 0 Å². The van der Waals surface area contributed by atoms with Gasteiger partial charge in [0.05, 0.1) is 6.61 Å². The maximum absolute atomic E-state index is 10.5. The van der Waals surface area contributed by atoms with Gasteiger partial charge in [0.2, 0.25) is 0 Å². The molecule has 0 unspecified atom stereocenters. The highest BCUT2D eigenvalue weighted by Gasteiger charge is 2.04. The van der Waals surface area contributed by atoms with Crippen LogP contribution in [-0.2, 0) is 18.9 Å². The molecule has 0 aliphatic carbocycles. The fourth-order valence-corrected chi connectivity index (χ4v) is 2.13. The Labute approximate surface area is 117 Å². The minimum Gasteiger partial charge on any atom is -0.705 e. The molecule has 0 heterocycles. The van der Waals surface area contributed by atoms with E-state index in [1.165, 1.54) is 44.9 Å². The fourth-order valence-electron chi connectivity index (χ4n) is 1.77. The van der Waals surface area contributed by atoms with Gasteiger partial charge in [-0.1, -0.05) is 64.7 Å². The fraction of sp³-hybridized carbons (Fsp3) is 1.00. The van der Waals surface area contributed by atoms with Crippen molar-refractivity contribution in [1.29, 1.82) is 0 Å². The molecular weight excluding hydrogens is 270 g/mol. The van der Waals surface area contributed by atoms with Gasteiger partial charge in [0.1, 0.15) is 0 Å². The summed E-state index contributed by atoms with van der Waals surface area (Å²) in [5, 5.41) is 9.65. The van der Waals surface area contributed by atoms with E-state index in [1.54, 1.807) is 0 Å². The average molecular weight is 299 g/mol. The van der Waals surface area contributed by atoms with Crippen molar-refractivity contribution in [3.8, 4) is 0 Å². The van der Waals surface area contributed by atoms with Crippen molar-refractivity contribution in [2.24, 2.45) is 0 Å². The molecule has 19 heavy (non-hydrogen) atoms. The number of unbranched alkanes of at least 4 members (excludes halogenated alkanes) is 9. The lowest BCUT2D eigenvalue weighted by atomic mass is 10.1. The van der Waals surface area contributed by atoms with E-state index in [-0.39, 0.29) is 12.8 Å². The minimum absolute atomic E-state index is 0. The average Bonchev–Trinajstić information content (AvgIpc) is 2.36. The van der Waals surface area contributed by atoms with Crippen LogP contribution in [-0.4, -0.2) is 15.0 Å². The number of hydrogen-bond acceptors (Lipinski definition) is 5. The van der Waals surface area contributed by atoms with Gasteiger partial charge in [-0.05, 0) is 6.42 Å². The predicted molar refractivity (Wildman–Crippen MR) is 73.8 cm³/mol. The highest BCUT2D eigenvalue weighted by Crippen LogP contribution is 2.10. The predicted octanol–water partition coefficient (Wildman–Crippen LogP) is 2.84. The summed E-state index contributed by atoms with van der Waals surface area (Å²) in [6.45, 7) is 2.24. The van der Waals surface area contributed by atoms with Crippen LogP contribution < -0.4 is 11.4 Å². The van der Waals surface area contributed by atoms with Gasteiger partial charge in [-0.2, -0.15) is 8.42 Å². The van der Waals surface area contributed by atoms with Crippen LogP contribution in [0.15, 0.2) is 0 Å². The summed E-state index contributed by atoms with van der Waals surface area (Å²) in [4.78, 5) is 0. The first kappa shape index (κ1) is 21.1. The lowest BCUT2D eigenvalue weighted by Gasteiger charge is -2.07. The zero-order valence-electron chi connectivity index (χ0n) is 12.2. The molecule has 0 bridgehead atoms. The van der Waals surface area contributed by atoms with Gasteiger partial charge in [-0.25, -0.2) is 4.18 Å². The quantitative estimate of drug-likeness (QED) is 0.319. The molecule has 118 valence electrons. The molecule has 0 aromatic carbocycles. The van der Waals surface area contributed by atoms with Crippen molar-refractivity contribution in [1.82, 2.24) is 6.15 Å². The molecule has 0 aliphatic rings. The Morgan fingerprint density at radius 2 is 1.26 bits per heavy atom. The normalized spacial score (nSPS) is 11.3. The molecular formula is C12H29NO5S. The molecule has 0 atom stereocenters. The van der Waals surface area contributed by atoms with Crippen LogP contribution in [0.5, 0.6) is 0 Å². The minimum atomic E-state index is -4.29. The molecule has 0 spiro atoms. The van der Waals surface area contributed by atoms with Crippen LogP contribution in [0, 0.1) is 0 Å². The summed E-state index contributed by atoms with van der Waals surface area (Å²) in [7, 11) is -4.29. The zero-order chi connectivity index (χ0) is 13.7. The highest BCUT2D eigenvalue weighted by atomic mass is 32.3. The van der Waals surface area contributed by atoms with Crippen molar-refractivity contribution in [3.63, 3.8) is 0 Å². The van der Waals surface area contributed by atoms with Gasteiger partial charge >= 0.3 is 10.4 Å². The Balaban J connectivity index is 0. The van der Waals surface area contributed by atoms with Crippen LogP contribution in [0.1, 0.15) is 71.1 Å². The first-order valence-corrected chi connectivity index (χ1v) is 8.16. The monoisotopic (exact) mass is 299 g/mol. The molecule has 0 aliphatic heterocycles. The highest BCUT2D eigenvalue weighted by molar-refractivity contribution is 7.81. The third-order valence-electron chi connectivity index (χ3n) is 2.81. The van der Waals surface area contributed by atoms with Crippen molar-refractivity contribution < 1.29 is 22.2 Å². The molecule has 0 fully saturated rings. The Morgan fingerprint density at radius 3 is 1.68 bits per heavy atom. The van der Waals surface area contributed by atoms with Crippen LogP contribution in [0.25, 0.3) is 0 Å². The largest absolute Gasteiger partial charge is 0.705 e. The van der Waals surface area contributed by atoms with E-state index < -0.39 is 10.4 Å². The lowest BCUT2D eigenvalue weighted by molar-refractivity contribution is -0.637. The third-order valence-corrected chi connectivity index (χ3v) is 3.43. The Kier molecular flexibility index (Phi) is 15.8. The smallest absolute Gasteiger partial charge is 0.391 e. The molecule has 4 N–H and O–H groups in total. The standard InChI is InChI=1S/C12H26O5S.H3N/c1-2-3-4-5-6-7-8-9-10-11-12-16-18(14,15)17-13;/h13H,2-12H2,1H3;1H3. The molecule has 0 saturated heterocycles. The third kappa shape index (κ3) is 15.7. The molecule has 0 aromatic rings. The maximum atomic E-state index is 10.5. The SMILES string of the molecule is CCCCCCCCCCCCOS(=O)(=O)O[O-].[NH4+]. The van der Waals surface area contributed by atoms with Crippen molar-refractivity contribution in [2.75, 3.05) is 6.61 Å². The van der Waals surface area contributed by atoms with E-state index in [4.69, 9.17) is 0 Å². The summed E-state index contributed by atoms with van der Waals surface area (Å²) >= 11 is 0. The molecule has 0 aromatic heterocycles. The summed E-state index contributed by atoms with van der Waals surface area (Å²) in [6, 6.07) is 0. The first-order valence-electron chi connectivity index (χ1n) is 6.83. The van der Waals surface area contributed by atoms with Crippen molar-refractivity contribution in [3.05, 3.63) is 0 Å². The number of quaternary nitrogens is 1. The molecule has 0 rings (SSSR count). The van der Waals surface area contributed by atoms with Gasteiger partial charge in [-0.3, -0.25) is 0 Å². The molecule has 6 nitrogen and oxygen atoms in total. The molecule has 0 amide bonds. The van der Waals surface area contributed by atoms with Crippen LogP contribution in [0.4, 0.5) is 0 Å². The second-order valence-electron chi connectivity index (χ2n) is 4.48. The van der Waals surface area contributed by atoms with E-state index >= 15 is 0 Å². The van der Waals surface area contributed by atoms with Gasteiger partial charge < -0.3 is 15.7 Å². The van der Waals surface area contributed by atoms with E-state index in [9.17, 15) is 13.7 Å². The Bertz CT molecular complexity index is 269. The first-order chi connectivity index (χ1) is 8.62. The van der Waals surface area contributed by atoms with Crippen molar-refractivity contribution in [2.45, 2.75) is 71.1 Å². The lowest BCUT2D eigenvalue weighted by Crippen LogP contribution is -2.18. The molecule has 0 radical (unpaired) electrons. The topological polar surface area (TPSA) is 112 Å². The summed E-state index contributed by atoms with van der Waals surface area (Å²) in [5.74, 6) is 0. The van der Waals surface area contributed by atoms with E-state index in [1.807, 2.05) is 0 Å². The molecule has 7 heteroatoms. The maximum Gasteiger partial charge on any atom is 0.391 e. The van der Waals surface area contributed by atoms with Gasteiger partial charge in [0.15, 0.2) is 0 Å². The van der Waals surface area contributed by atoms with E-state index in [0.29, 0.717) is 6.42 Å². The van der Waals surface area contributed by atoms with E-state index in [0.717, 1.165) is 12.8 Å². The second kappa shape index (κ2) is 14.2. The van der Waals surface area contributed by atoms with Crippen molar-refractivity contribution >= 4 is 10.4 Å². The summed E-state index contributed by atoms with van der Waals surface area (Å²) in [6.07, 6.45) is 11.6. The molecule has 0 saturated carbocycles.